The number of sulfonamides is 1. The Morgan fingerprint density at radius 1 is 1.19 bits per heavy atom. The van der Waals surface area contributed by atoms with Crippen LogP contribution < -0.4 is 9.46 Å². The number of anilines is 1. The number of hydrogen-bond acceptors (Lipinski definition) is 4. The molecule has 0 saturated carbocycles. The highest BCUT2D eigenvalue weighted by Gasteiger charge is 2.17. The Labute approximate surface area is 165 Å². The number of ether oxygens (including phenoxy) is 1. The van der Waals surface area contributed by atoms with E-state index >= 15 is 0 Å². The average Bonchev–Trinajstić information content (AvgIpc) is 2.60. The van der Waals surface area contributed by atoms with E-state index in [1.165, 1.54) is 0 Å². The van der Waals surface area contributed by atoms with Gasteiger partial charge >= 0.3 is 0 Å². The highest BCUT2D eigenvalue weighted by molar-refractivity contribution is 7.92. The molecular weight excluding hydrogens is 388 g/mol. The molecule has 0 radical (unpaired) electrons. The molecule has 146 valence electrons. The van der Waals surface area contributed by atoms with Gasteiger partial charge in [0.25, 0.3) is 0 Å². The van der Waals surface area contributed by atoms with Crippen LogP contribution in [0.3, 0.4) is 0 Å². The van der Waals surface area contributed by atoms with Crippen LogP contribution >= 0.6 is 11.6 Å². The van der Waals surface area contributed by atoms with Gasteiger partial charge in [-0.3, -0.25) is 9.52 Å². The lowest BCUT2D eigenvalue weighted by Gasteiger charge is -2.25. The van der Waals surface area contributed by atoms with Gasteiger partial charge in [0.15, 0.2) is 0 Å². The van der Waals surface area contributed by atoms with Gasteiger partial charge < -0.3 is 9.64 Å². The summed E-state index contributed by atoms with van der Waals surface area (Å²) in [7, 11) is -1.59. The number of benzene rings is 2. The molecule has 1 N–H and O–H groups in total. The van der Waals surface area contributed by atoms with Crippen molar-refractivity contribution in [3.05, 3.63) is 59.1 Å². The lowest BCUT2D eigenvalue weighted by Crippen LogP contribution is -2.39. The molecule has 8 heteroatoms. The molecule has 27 heavy (non-hydrogen) atoms. The molecule has 0 bridgehead atoms. The van der Waals surface area contributed by atoms with Gasteiger partial charge in [-0.05, 0) is 36.8 Å². The Bertz CT molecular complexity index is 885. The van der Waals surface area contributed by atoms with E-state index in [1.807, 2.05) is 19.1 Å². The van der Waals surface area contributed by atoms with Crippen molar-refractivity contribution in [1.29, 1.82) is 0 Å². The molecule has 1 unspecified atom stereocenters. The largest absolute Gasteiger partial charge is 0.490 e. The van der Waals surface area contributed by atoms with Crippen molar-refractivity contribution in [2.45, 2.75) is 19.4 Å². The van der Waals surface area contributed by atoms with Crippen LogP contribution in [-0.4, -0.2) is 45.2 Å². The average molecular weight is 411 g/mol. The molecule has 2 aromatic carbocycles. The molecule has 0 heterocycles. The molecule has 1 amide bonds. The molecule has 0 fully saturated rings. The fourth-order valence-corrected chi connectivity index (χ4v) is 3.09. The molecular formula is C19H23ClN2O4S. The van der Waals surface area contributed by atoms with Crippen LogP contribution in [0.2, 0.25) is 5.02 Å². The van der Waals surface area contributed by atoms with E-state index < -0.39 is 10.0 Å². The zero-order valence-corrected chi connectivity index (χ0v) is 17.0. The van der Waals surface area contributed by atoms with E-state index in [2.05, 4.69) is 4.72 Å². The first kappa shape index (κ1) is 21.1. The van der Waals surface area contributed by atoms with Crippen molar-refractivity contribution in [3.63, 3.8) is 0 Å². The summed E-state index contributed by atoms with van der Waals surface area (Å²) in [5, 5.41) is 0.529. The molecule has 0 aliphatic rings. The second-order valence-electron chi connectivity index (χ2n) is 6.34. The summed E-state index contributed by atoms with van der Waals surface area (Å²) >= 11 is 6.06. The van der Waals surface area contributed by atoms with Crippen LogP contribution in [0.5, 0.6) is 5.75 Å². The normalized spacial score (nSPS) is 12.3. The first-order valence-electron chi connectivity index (χ1n) is 8.35. The van der Waals surface area contributed by atoms with Crippen LogP contribution in [0.15, 0.2) is 48.5 Å². The third-order valence-corrected chi connectivity index (χ3v) is 4.90. The van der Waals surface area contributed by atoms with Crippen molar-refractivity contribution in [1.82, 2.24) is 4.90 Å². The lowest BCUT2D eigenvalue weighted by atomic mass is 10.1. The molecule has 0 aliphatic carbocycles. The zero-order valence-electron chi connectivity index (χ0n) is 15.5. The van der Waals surface area contributed by atoms with Crippen molar-refractivity contribution >= 4 is 33.2 Å². The van der Waals surface area contributed by atoms with Gasteiger partial charge in [0.05, 0.1) is 23.7 Å². The summed E-state index contributed by atoms with van der Waals surface area (Å²) < 4.78 is 30.5. The number of hydrogen-bond donors (Lipinski definition) is 1. The second-order valence-corrected chi connectivity index (χ2v) is 8.50. The van der Waals surface area contributed by atoms with E-state index in [0.717, 1.165) is 11.8 Å². The van der Waals surface area contributed by atoms with Crippen LogP contribution in [0.25, 0.3) is 0 Å². The number of rotatable bonds is 8. The first-order valence-corrected chi connectivity index (χ1v) is 10.6. The summed E-state index contributed by atoms with van der Waals surface area (Å²) in [6.45, 7) is 2.22. The zero-order chi connectivity index (χ0) is 20.0. The minimum absolute atomic E-state index is 0.0610. The fraction of sp³-hybridized carbons (Fsp3) is 0.316. The standard InChI is InChI=1S/C19H23ClN2O4S/c1-14(13-26-18-7-5-4-6-17(18)20)22(2)19(23)12-15-8-10-16(11-9-15)21-27(3,24)25/h4-11,14,21H,12-13H2,1-3H3. The highest BCUT2D eigenvalue weighted by atomic mass is 35.5. The molecule has 1 atom stereocenters. The third kappa shape index (κ3) is 6.77. The van der Waals surface area contributed by atoms with Crippen LogP contribution in [0.4, 0.5) is 5.69 Å². The minimum atomic E-state index is -3.32. The van der Waals surface area contributed by atoms with Gasteiger partial charge in [0.2, 0.25) is 15.9 Å². The summed E-state index contributed by atoms with van der Waals surface area (Å²) in [5.74, 6) is 0.523. The van der Waals surface area contributed by atoms with E-state index in [9.17, 15) is 13.2 Å². The number of likely N-dealkylation sites (N-methyl/N-ethyl adjacent to an activating group) is 1. The Balaban J connectivity index is 1.89. The topological polar surface area (TPSA) is 75.7 Å². The van der Waals surface area contributed by atoms with Crippen molar-refractivity contribution < 1.29 is 17.9 Å². The second kappa shape index (κ2) is 9.10. The van der Waals surface area contributed by atoms with Gasteiger partial charge in [0.1, 0.15) is 12.4 Å². The molecule has 0 spiro atoms. The van der Waals surface area contributed by atoms with Gasteiger partial charge in [-0.15, -0.1) is 0 Å². The van der Waals surface area contributed by atoms with E-state index in [1.54, 1.807) is 48.3 Å². The van der Waals surface area contributed by atoms with Crippen molar-refractivity contribution in [2.75, 3.05) is 24.6 Å². The molecule has 2 aromatic rings. The Kier molecular flexibility index (Phi) is 7.10. The molecule has 6 nitrogen and oxygen atoms in total. The molecule has 2 rings (SSSR count). The van der Waals surface area contributed by atoms with Crippen LogP contribution in [0.1, 0.15) is 12.5 Å². The first-order chi connectivity index (χ1) is 12.7. The summed E-state index contributed by atoms with van der Waals surface area (Å²) in [5.41, 5.74) is 1.26. The highest BCUT2D eigenvalue weighted by Crippen LogP contribution is 2.23. The molecule has 0 aliphatic heterocycles. The summed E-state index contributed by atoms with van der Waals surface area (Å²) in [6.07, 6.45) is 1.30. The van der Waals surface area contributed by atoms with Crippen LogP contribution in [-0.2, 0) is 21.2 Å². The summed E-state index contributed by atoms with van der Waals surface area (Å²) in [6, 6.07) is 13.8. The number of para-hydroxylation sites is 1. The number of halogens is 1. The predicted molar refractivity (Wildman–Crippen MR) is 108 cm³/mol. The predicted octanol–water partition coefficient (Wildman–Crippen LogP) is 3.18. The number of amides is 1. The van der Waals surface area contributed by atoms with Crippen LogP contribution in [0, 0.1) is 0 Å². The third-order valence-electron chi connectivity index (χ3n) is 3.98. The molecule has 0 saturated heterocycles. The monoisotopic (exact) mass is 410 g/mol. The number of nitrogens with zero attached hydrogens (tertiary/aromatic N) is 1. The SMILES string of the molecule is CC(COc1ccccc1Cl)N(C)C(=O)Cc1ccc(NS(C)(=O)=O)cc1. The minimum Gasteiger partial charge on any atom is -0.490 e. The van der Waals surface area contributed by atoms with Gasteiger partial charge in [-0.2, -0.15) is 0 Å². The number of carbonyl (C=O) groups excluding carboxylic acids is 1. The maximum Gasteiger partial charge on any atom is 0.229 e. The van der Waals surface area contributed by atoms with E-state index in [4.69, 9.17) is 16.3 Å². The quantitative estimate of drug-likeness (QED) is 0.725. The van der Waals surface area contributed by atoms with Gasteiger partial charge in [-0.1, -0.05) is 35.9 Å². The van der Waals surface area contributed by atoms with Crippen molar-refractivity contribution in [3.8, 4) is 5.75 Å². The Morgan fingerprint density at radius 2 is 1.81 bits per heavy atom. The van der Waals surface area contributed by atoms with Gasteiger partial charge in [0, 0.05) is 12.7 Å². The van der Waals surface area contributed by atoms with E-state index in [-0.39, 0.29) is 18.4 Å². The lowest BCUT2D eigenvalue weighted by molar-refractivity contribution is -0.131. The Hall–Kier alpha value is -2.25. The van der Waals surface area contributed by atoms with Gasteiger partial charge in [-0.25, -0.2) is 8.42 Å². The van der Waals surface area contributed by atoms with Crippen molar-refractivity contribution in [2.24, 2.45) is 0 Å². The fourth-order valence-electron chi connectivity index (χ4n) is 2.33. The van der Waals surface area contributed by atoms with E-state index in [0.29, 0.717) is 23.1 Å². The summed E-state index contributed by atoms with van der Waals surface area (Å²) in [4.78, 5) is 14.1. The smallest absolute Gasteiger partial charge is 0.229 e. The maximum absolute atomic E-state index is 12.5. The number of nitrogens with one attached hydrogen (secondary N) is 1. The number of carbonyl (C=O) groups is 1. The Morgan fingerprint density at radius 3 is 2.41 bits per heavy atom. The maximum atomic E-state index is 12.5. The molecule has 0 aromatic heterocycles.